The highest BCUT2D eigenvalue weighted by molar-refractivity contribution is 5.55. The van der Waals surface area contributed by atoms with Gasteiger partial charge in [0.15, 0.2) is 6.61 Å². The van der Waals surface area contributed by atoms with E-state index in [9.17, 15) is 13.2 Å². The van der Waals surface area contributed by atoms with Crippen LogP contribution in [-0.2, 0) is 0 Å². The van der Waals surface area contributed by atoms with Gasteiger partial charge in [-0.15, -0.1) is 0 Å². The Kier molecular flexibility index (Phi) is 4.61. The van der Waals surface area contributed by atoms with Gasteiger partial charge in [0, 0.05) is 5.69 Å². The molecule has 1 rings (SSSR count). The minimum Gasteiger partial charge on any atom is -0.484 e. The number of halogens is 3. The fourth-order valence-electron chi connectivity index (χ4n) is 1.13. The molecule has 0 bridgehead atoms. The molecule has 16 heavy (non-hydrogen) atoms. The Morgan fingerprint density at radius 3 is 2.25 bits per heavy atom. The van der Waals surface area contributed by atoms with Gasteiger partial charge in [-0.25, -0.2) is 0 Å². The van der Waals surface area contributed by atoms with Crippen molar-refractivity contribution < 1.29 is 17.9 Å². The van der Waals surface area contributed by atoms with E-state index in [1.54, 1.807) is 13.8 Å². The molecule has 0 aliphatic heterocycles. The maximum atomic E-state index is 11.9. The molecule has 6 heteroatoms. The summed E-state index contributed by atoms with van der Waals surface area (Å²) >= 11 is 0. The fraction of sp³-hybridized carbons (Fsp3) is 0.400. The molecule has 0 aliphatic rings. The third-order valence-electron chi connectivity index (χ3n) is 2.17. The summed E-state index contributed by atoms with van der Waals surface area (Å²) < 4.78 is 40.4. The molecule has 0 amide bonds. The van der Waals surface area contributed by atoms with Crippen LogP contribution in [0.5, 0.6) is 5.75 Å². The lowest BCUT2D eigenvalue weighted by molar-refractivity contribution is -0.153. The number of benzene rings is 1. The van der Waals surface area contributed by atoms with Crippen molar-refractivity contribution in [2.45, 2.75) is 20.0 Å². The first-order valence-corrected chi connectivity index (χ1v) is 4.36. The first-order valence-electron chi connectivity index (χ1n) is 4.36. The number of hydrogen-bond donors (Lipinski definition) is 2. The summed E-state index contributed by atoms with van der Waals surface area (Å²) in [5, 5.41) is 0. The van der Waals surface area contributed by atoms with Crippen molar-refractivity contribution in [3.8, 4) is 5.75 Å². The summed E-state index contributed by atoms with van der Waals surface area (Å²) in [6.07, 6.45) is -4.32. The van der Waals surface area contributed by atoms with Gasteiger partial charge in [0.2, 0.25) is 0 Å². The van der Waals surface area contributed by atoms with Crippen LogP contribution in [0, 0.1) is 13.8 Å². The van der Waals surface area contributed by atoms with Gasteiger partial charge >= 0.3 is 6.18 Å². The lowest BCUT2D eigenvalue weighted by Crippen LogP contribution is -2.19. The quantitative estimate of drug-likeness (QED) is 0.775. The van der Waals surface area contributed by atoms with Crippen LogP contribution in [0.3, 0.4) is 0 Å². The molecular weight excluding hydrogens is 221 g/mol. The molecule has 0 radical (unpaired) electrons. The van der Waals surface area contributed by atoms with Crippen LogP contribution in [-0.4, -0.2) is 12.8 Å². The van der Waals surface area contributed by atoms with Crippen molar-refractivity contribution in [3.05, 3.63) is 23.3 Å². The van der Waals surface area contributed by atoms with Crippen LogP contribution in [0.4, 0.5) is 18.9 Å². The van der Waals surface area contributed by atoms with E-state index < -0.39 is 12.8 Å². The van der Waals surface area contributed by atoms with E-state index in [4.69, 9.17) is 5.73 Å². The summed E-state index contributed by atoms with van der Waals surface area (Å²) in [5.74, 6) is 0.221. The smallest absolute Gasteiger partial charge is 0.422 e. The van der Waals surface area contributed by atoms with Gasteiger partial charge in [-0.3, -0.25) is 0 Å². The Balaban J connectivity index is 0.00000225. The van der Waals surface area contributed by atoms with Gasteiger partial charge in [0.05, 0.1) is 0 Å². The highest BCUT2D eigenvalue weighted by Crippen LogP contribution is 2.27. The summed E-state index contributed by atoms with van der Waals surface area (Å²) in [6.45, 7) is 2.14. The van der Waals surface area contributed by atoms with Gasteiger partial charge in [-0.1, -0.05) is 0 Å². The number of hydrogen-bond acceptors (Lipinski definition) is 3. The minimum absolute atomic E-state index is 0. The number of nitrogens with two attached hydrogens (primary N) is 1. The predicted octanol–water partition coefficient (Wildman–Crippen LogP) is 2.99. The Bertz CT molecular complexity index is 364. The zero-order valence-electron chi connectivity index (χ0n) is 9.19. The highest BCUT2D eigenvalue weighted by atomic mass is 19.4. The summed E-state index contributed by atoms with van der Waals surface area (Å²) in [5.41, 5.74) is 7.52. The molecule has 0 unspecified atom stereocenters. The normalized spacial score (nSPS) is 10.8. The molecule has 0 saturated carbocycles. The summed E-state index contributed by atoms with van der Waals surface area (Å²) in [7, 11) is 0. The maximum Gasteiger partial charge on any atom is 0.422 e. The van der Waals surface area contributed by atoms with Crippen LogP contribution in [0.15, 0.2) is 12.1 Å². The predicted molar refractivity (Wildman–Crippen MR) is 56.9 cm³/mol. The summed E-state index contributed by atoms with van der Waals surface area (Å²) in [6, 6.07) is 2.98. The van der Waals surface area contributed by atoms with Crippen LogP contribution in [0.2, 0.25) is 0 Å². The van der Waals surface area contributed by atoms with E-state index in [1.807, 2.05) is 0 Å². The molecule has 0 saturated heterocycles. The first-order chi connectivity index (χ1) is 6.81. The lowest BCUT2D eigenvalue weighted by atomic mass is 10.1. The second-order valence-corrected chi connectivity index (χ2v) is 3.31. The molecule has 0 heterocycles. The molecule has 1 aromatic rings. The molecule has 0 aliphatic carbocycles. The Labute approximate surface area is 92.0 Å². The number of nitrogen functional groups attached to an aromatic ring is 1. The van der Waals surface area contributed by atoms with Gasteiger partial charge in [-0.05, 0) is 37.1 Å². The first kappa shape index (κ1) is 14.6. The van der Waals surface area contributed by atoms with Crippen molar-refractivity contribution in [2.75, 3.05) is 12.3 Å². The lowest BCUT2D eigenvalue weighted by Gasteiger charge is -2.13. The monoisotopic (exact) mass is 236 g/mol. The number of rotatable bonds is 2. The van der Waals surface area contributed by atoms with E-state index in [0.29, 0.717) is 11.3 Å². The van der Waals surface area contributed by atoms with E-state index in [1.165, 1.54) is 12.1 Å². The van der Waals surface area contributed by atoms with Crippen LogP contribution < -0.4 is 16.6 Å². The topological polar surface area (TPSA) is 70.2 Å². The van der Waals surface area contributed by atoms with Gasteiger partial charge in [0.1, 0.15) is 5.75 Å². The average molecular weight is 236 g/mol. The van der Waals surface area contributed by atoms with E-state index in [-0.39, 0.29) is 11.9 Å². The average Bonchev–Trinajstić information content (AvgIpc) is 2.12. The second-order valence-electron chi connectivity index (χ2n) is 3.31. The molecule has 92 valence electrons. The summed E-state index contributed by atoms with van der Waals surface area (Å²) in [4.78, 5) is 0. The maximum absolute atomic E-state index is 11.9. The molecule has 0 fully saturated rings. The Morgan fingerprint density at radius 2 is 1.75 bits per heavy atom. The molecule has 0 atom stereocenters. The third-order valence-corrected chi connectivity index (χ3v) is 2.17. The minimum atomic E-state index is -4.32. The second kappa shape index (κ2) is 5.07. The van der Waals surface area contributed by atoms with Crippen molar-refractivity contribution in [3.63, 3.8) is 0 Å². The van der Waals surface area contributed by atoms with Gasteiger partial charge < -0.3 is 16.6 Å². The standard InChI is InChI=1S/C10H12F3NO.H3N/c1-6-7(2)9(4-3-8(6)14)15-5-10(11,12)13;/h3-4H,5,14H2,1-2H3;1H3. The van der Waals surface area contributed by atoms with E-state index in [2.05, 4.69) is 4.74 Å². The number of anilines is 1. The Hall–Kier alpha value is -1.43. The molecule has 0 spiro atoms. The number of alkyl halides is 3. The molecule has 3 nitrogen and oxygen atoms in total. The zero-order valence-corrected chi connectivity index (χ0v) is 9.19. The van der Waals surface area contributed by atoms with Crippen molar-refractivity contribution in [1.29, 1.82) is 0 Å². The van der Waals surface area contributed by atoms with Crippen LogP contribution >= 0.6 is 0 Å². The van der Waals surface area contributed by atoms with Crippen molar-refractivity contribution in [1.82, 2.24) is 6.15 Å². The van der Waals surface area contributed by atoms with Crippen molar-refractivity contribution >= 4 is 5.69 Å². The molecule has 1 aromatic carbocycles. The fourth-order valence-corrected chi connectivity index (χ4v) is 1.13. The van der Waals surface area contributed by atoms with E-state index >= 15 is 0 Å². The third kappa shape index (κ3) is 3.62. The van der Waals surface area contributed by atoms with Crippen LogP contribution in [0.25, 0.3) is 0 Å². The SMILES string of the molecule is Cc1c(N)ccc(OCC(F)(F)F)c1C.N. The molecule has 0 aromatic heterocycles. The molecule has 5 N–H and O–H groups in total. The Morgan fingerprint density at radius 1 is 1.19 bits per heavy atom. The zero-order chi connectivity index (χ0) is 11.6. The number of ether oxygens (including phenoxy) is 1. The molecular formula is C10H15F3N2O. The van der Waals surface area contributed by atoms with Gasteiger partial charge in [0.25, 0.3) is 0 Å². The van der Waals surface area contributed by atoms with Crippen LogP contribution in [0.1, 0.15) is 11.1 Å². The largest absolute Gasteiger partial charge is 0.484 e. The van der Waals surface area contributed by atoms with Crippen molar-refractivity contribution in [2.24, 2.45) is 0 Å². The van der Waals surface area contributed by atoms with E-state index in [0.717, 1.165) is 5.56 Å². The highest BCUT2D eigenvalue weighted by Gasteiger charge is 2.28. The van der Waals surface area contributed by atoms with Gasteiger partial charge in [-0.2, -0.15) is 13.2 Å².